The Morgan fingerprint density at radius 1 is 1.12 bits per heavy atom. The van der Waals surface area contributed by atoms with Crippen LogP contribution in [0.1, 0.15) is 56.1 Å². The van der Waals surface area contributed by atoms with Crippen LogP contribution in [-0.2, 0) is 17.3 Å². The molecule has 1 heterocycles. The third-order valence-corrected chi connectivity index (χ3v) is 5.25. The standard InChI is InChI=1S/C24H28F4N2O2/c1-5-15-10-11-18(20(25)12-15)21(17-8-6-7-9-19(17)24(26,27)28)32-16-13-30(14-16)22(31)29-23(2,3)4/h6-12,16,21H,5,13-14H2,1-4H3,(H,29,31). The Bertz CT molecular complexity index is 963. The number of amides is 2. The zero-order valence-corrected chi connectivity index (χ0v) is 18.6. The molecule has 1 unspecified atom stereocenters. The average Bonchev–Trinajstić information content (AvgIpc) is 2.65. The Kier molecular flexibility index (Phi) is 6.83. The number of rotatable bonds is 5. The van der Waals surface area contributed by atoms with Crippen LogP contribution in [0, 0.1) is 5.82 Å². The molecule has 8 heteroatoms. The number of carbonyl (C=O) groups excluding carboxylic acids is 1. The van der Waals surface area contributed by atoms with Gasteiger partial charge in [0.05, 0.1) is 24.8 Å². The first-order valence-corrected chi connectivity index (χ1v) is 10.6. The summed E-state index contributed by atoms with van der Waals surface area (Å²) >= 11 is 0. The molecule has 1 N–H and O–H groups in total. The normalized spacial score (nSPS) is 15.9. The number of hydrogen-bond donors (Lipinski definition) is 1. The highest BCUT2D eigenvalue weighted by molar-refractivity contribution is 5.75. The van der Waals surface area contributed by atoms with E-state index < -0.39 is 35.3 Å². The fourth-order valence-electron chi connectivity index (χ4n) is 3.58. The lowest BCUT2D eigenvalue weighted by Gasteiger charge is -2.42. The van der Waals surface area contributed by atoms with E-state index in [4.69, 9.17) is 4.74 Å². The second-order valence-corrected chi connectivity index (χ2v) is 9.02. The molecule has 0 aliphatic carbocycles. The van der Waals surface area contributed by atoms with Gasteiger partial charge in [-0.25, -0.2) is 9.18 Å². The van der Waals surface area contributed by atoms with Gasteiger partial charge in [-0.15, -0.1) is 0 Å². The molecule has 1 saturated heterocycles. The van der Waals surface area contributed by atoms with Crippen molar-refractivity contribution in [3.63, 3.8) is 0 Å². The summed E-state index contributed by atoms with van der Waals surface area (Å²) in [5.41, 5.74) is -0.660. The number of urea groups is 1. The van der Waals surface area contributed by atoms with E-state index in [2.05, 4.69) is 5.32 Å². The highest BCUT2D eigenvalue weighted by Gasteiger charge is 2.39. The molecule has 174 valence electrons. The van der Waals surface area contributed by atoms with Crippen molar-refractivity contribution in [2.75, 3.05) is 13.1 Å². The number of nitrogens with one attached hydrogen (secondary N) is 1. The number of ether oxygens (including phenoxy) is 1. The van der Waals surface area contributed by atoms with Crippen LogP contribution in [0.5, 0.6) is 0 Å². The zero-order chi connectivity index (χ0) is 23.7. The Balaban J connectivity index is 1.88. The Morgan fingerprint density at radius 3 is 2.34 bits per heavy atom. The second kappa shape index (κ2) is 9.10. The third kappa shape index (κ3) is 5.59. The number of hydrogen-bond acceptors (Lipinski definition) is 2. The van der Waals surface area contributed by atoms with E-state index in [1.165, 1.54) is 35.2 Å². The first kappa shape index (κ1) is 24.0. The van der Waals surface area contributed by atoms with E-state index in [9.17, 15) is 22.4 Å². The van der Waals surface area contributed by atoms with E-state index in [0.717, 1.165) is 11.6 Å². The monoisotopic (exact) mass is 452 g/mol. The molecular formula is C24H28F4N2O2. The summed E-state index contributed by atoms with van der Waals surface area (Å²) in [6.07, 6.45) is -5.78. The molecule has 0 radical (unpaired) electrons. The van der Waals surface area contributed by atoms with Gasteiger partial charge >= 0.3 is 12.2 Å². The molecular weight excluding hydrogens is 424 g/mol. The van der Waals surface area contributed by atoms with Crippen molar-refractivity contribution >= 4 is 6.03 Å². The van der Waals surface area contributed by atoms with Crippen molar-refractivity contribution in [3.8, 4) is 0 Å². The van der Waals surface area contributed by atoms with Gasteiger partial charge in [0.2, 0.25) is 0 Å². The van der Waals surface area contributed by atoms with Gasteiger partial charge in [-0.3, -0.25) is 0 Å². The molecule has 1 aliphatic heterocycles. The van der Waals surface area contributed by atoms with Crippen LogP contribution in [-0.4, -0.2) is 35.7 Å². The lowest BCUT2D eigenvalue weighted by atomic mass is 9.94. The Morgan fingerprint density at radius 2 is 1.78 bits per heavy atom. The van der Waals surface area contributed by atoms with Gasteiger partial charge in [0.25, 0.3) is 0 Å². The lowest BCUT2D eigenvalue weighted by molar-refractivity contribution is -0.140. The van der Waals surface area contributed by atoms with Crippen LogP contribution in [0.3, 0.4) is 0 Å². The first-order chi connectivity index (χ1) is 14.9. The maximum absolute atomic E-state index is 14.9. The maximum Gasteiger partial charge on any atom is 0.416 e. The molecule has 0 spiro atoms. The van der Waals surface area contributed by atoms with Crippen molar-refractivity contribution in [3.05, 3.63) is 70.5 Å². The van der Waals surface area contributed by atoms with Crippen LogP contribution < -0.4 is 5.32 Å². The quantitative estimate of drug-likeness (QED) is 0.591. The summed E-state index contributed by atoms with van der Waals surface area (Å²) in [5, 5.41) is 2.83. The second-order valence-electron chi connectivity index (χ2n) is 9.02. The summed E-state index contributed by atoms with van der Waals surface area (Å²) in [6.45, 7) is 7.85. The molecule has 0 aromatic heterocycles. The van der Waals surface area contributed by atoms with Gasteiger partial charge in [-0.1, -0.05) is 37.3 Å². The van der Waals surface area contributed by atoms with Gasteiger partial charge in [0, 0.05) is 11.1 Å². The number of nitrogens with zero attached hydrogens (tertiary/aromatic N) is 1. The molecule has 1 aliphatic rings. The van der Waals surface area contributed by atoms with Crippen LogP contribution in [0.25, 0.3) is 0 Å². The van der Waals surface area contributed by atoms with Crippen molar-refractivity contribution in [2.24, 2.45) is 0 Å². The lowest BCUT2D eigenvalue weighted by Crippen LogP contribution is -2.60. The van der Waals surface area contributed by atoms with E-state index in [-0.39, 0.29) is 30.2 Å². The zero-order valence-electron chi connectivity index (χ0n) is 18.6. The molecule has 4 nitrogen and oxygen atoms in total. The van der Waals surface area contributed by atoms with Crippen LogP contribution in [0.4, 0.5) is 22.4 Å². The minimum absolute atomic E-state index is 0.0384. The van der Waals surface area contributed by atoms with Crippen LogP contribution in [0.15, 0.2) is 42.5 Å². The molecule has 0 bridgehead atoms. The van der Waals surface area contributed by atoms with E-state index in [1.807, 2.05) is 27.7 Å². The summed E-state index contributed by atoms with van der Waals surface area (Å²) in [6, 6.07) is 9.26. The van der Waals surface area contributed by atoms with E-state index >= 15 is 0 Å². The van der Waals surface area contributed by atoms with Gasteiger partial charge in [-0.05, 0) is 50.5 Å². The molecule has 2 aromatic carbocycles. The number of likely N-dealkylation sites (tertiary alicyclic amines) is 1. The summed E-state index contributed by atoms with van der Waals surface area (Å²) in [7, 11) is 0. The SMILES string of the molecule is CCc1ccc(C(OC2CN(C(=O)NC(C)(C)C)C2)c2ccccc2C(F)(F)F)c(F)c1. The molecule has 3 rings (SSSR count). The highest BCUT2D eigenvalue weighted by atomic mass is 19.4. The fourth-order valence-corrected chi connectivity index (χ4v) is 3.58. The summed E-state index contributed by atoms with van der Waals surface area (Å²) in [4.78, 5) is 13.8. The van der Waals surface area contributed by atoms with E-state index in [1.54, 1.807) is 6.07 Å². The number of halogens is 4. The molecule has 1 atom stereocenters. The Hall–Kier alpha value is -2.61. The average molecular weight is 452 g/mol. The molecule has 2 aromatic rings. The van der Waals surface area contributed by atoms with Crippen molar-refractivity contribution in [2.45, 2.75) is 58.0 Å². The number of carbonyl (C=O) groups is 1. The number of benzene rings is 2. The summed E-state index contributed by atoms with van der Waals surface area (Å²) < 4.78 is 62.0. The van der Waals surface area contributed by atoms with E-state index in [0.29, 0.717) is 6.42 Å². The maximum atomic E-state index is 14.9. The van der Waals surface area contributed by atoms with Crippen LogP contribution in [0.2, 0.25) is 0 Å². The van der Waals surface area contributed by atoms with Gasteiger partial charge in [0.15, 0.2) is 0 Å². The Labute approximate surface area is 185 Å². The predicted molar refractivity (Wildman–Crippen MR) is 114 cm³/mol. The molecule has 2 amide bonds. The largest absolute Gasteiger partial charge is 0.416 e. The van der Waals surface area contributed by atoms with Crippen molar-refractivity contribution in [1.82, 2.24) is 10.2 Å². The summed E-state index contributed by atoms with van der Waals surface area (Å²) in [5.74, 6) is -0.618. The smallest absolute Gasteiger partial charge is 0.362 e. The van der Waals surface area contributed by atoms with Gasteiger partial charge in [-0.2, -0.15) is 13.2 Å². The number of alkyl halides is 3. The van der Waals surface area contributed by atoms with Gasteiger partial charge < -0.3 is 15.0 Å². The fraction of sp³-hybridized carbons (Fsp3) is 0.458. The molecule has 0 saturated carbocycles. The topological polar surface area (TPSA) is 41.6 Å². The molecule has 32 heavy (non-hydrogen) atoms. The van der Waals surface area contributed by atoms with Crippen molar-refractivity contribution in [1.29, 1.82) is 0 Å². The first-order valence-electron chi connectivity index (χ1n) is 10.6. The van der Waals surface area contributed by atoms with Crippen molar-refractivity contribution < 1.29 is 27.1 Å². The number of aryl methyl sites for hydroxylation is 1. The predicted octanol–water partition coefficient (Wildman–Crippen LogP) is 5.71. The minimum Gasteiger partial charge on any atom is -0.362 e. The minimum atomic E-state index is -4.61. The molecule has 1 fully saturated rings. The third-order valence-electron chi connectivity index (χ3n) is 5.25. The van der Waals surface area contributed by atoms with Crippen LogP contribution >= 0.6 is 0 Å². The van der Waals surface area contributed by atoms with Gasteiger partial charge in [0.1, 0.15) is 11.9 Å². The highest BCUT2D eigenvalue weighted by Crippen LogP contribution is 2.40.